The van der Waals surface area contributed by atoms with Crippen LogP contribution in [0, 0.1) is 0 Å². The minimum atomic E-state index is 0. The normalized spacial score (nSPS) is 18.2. The van der Waals surface area contributed by atoms with Crippen molar-refractivity contribution in [2.24, 2.45) is 4.99 Å². The first-order valence-electron chi connectivity index (χ1n) is 6.94. The first-order chi connectivity index (χ1) is 9.65. The standard InChI is InChI=1S/C15H24N4O.HI/c1-16-15(18(2)3)17-12-9-10-19(11-12)13-7-5-6-8-14(13)20-4;/h5-8,12H,9-11H2,1-4H3,(H,16,17);1H. The summed E-state index contributed by atoms with van der Waals surface area (Å²) >= 11 is 0. The lowest BCUT2D eigenvalue weighted by atomic mass is 10.2. The van der Waals surface area contributed by atoms with Crippen molar-refractivity contribution in [1.82, 2.24) is 10.2 Å². The second-order valence-electron chi connectivity index (χ2n) is 5.19. The molecule has 0 aromatic heterocycles. The predicted octanol–water partition coefficient (Wildman–Crippen LogP) is 2.03. The van der Waals surface area contributed by atoms with E-state index in [1.165, 1.54) is 5.69 Å². The van der Waals surface area contributed by atoms with Crippen LogP contribution in [0.4, 0.5) is 5.69 Å². The van der Waals surface area contributed by atoms with E-state index < -0.39 is 0 Å². The van der Waals surface area contributed by atoms with Gasteiger partial charge >= 0.3 is 0 Å². The lowest BCUT2D eigenvalue weighted by molar-refractivity contribution is 0.415. The molecule has 1 aromatic carbocycles. The van der Waals surface area contributed by atoms with Gasteiger partial charge in [0.1, 0.15) is 5.75 Å². The lowest BCUT2D eigenvalue weighted by Gasteiger charge is -2.23. The minimum absolute atomic E-state index is 0. The van der Waals surface area contributed by atoms with Crippen LogP contribution in [0.15, 0.2) is 29.3 Å². The van der Waals surface area contributed by atoms with Gasteiger partial charge < -0.3 is 19.9 Å². The van der Waals surface area contributed by atoms with Crippen LogP contribution in [0.5, 0.6) is 5.75 Å². The fraction of sp³-hybridized carbons (Fsp3) is 0.533. The van der Waals surface area contributed by atoms with Crippen molar-refractivity contribution in [2.75, 3.05) is 46.2 Å². The highest BCUT2D eigenvalue weighted by atomic mass is 127. The third-order valence-electron chi connectivity index (χ3n) is 3.58. The molecule has 1 heterocycles. The molecule has 1 saturated heterocycles. The van der Waals surface area contributed by atoms with Crippen molar-refractivity contribution in [3.63, 3.8) is 0 Å². The number of aliphatic imine (C=N–C) groups is 1. The Balaban J connectivity index is 0.00000220. The van der Waals surface area contributed by atoms with Crippen LogP contribution in [0.1, 0.15) is 6.42 Å². The second kappa shape index (κ2) is 8.31. The molecule has 0 spiro atoms. The molecule has 0 bridgehead atoms. The summed E-state index contributed by atoms with van der Waals surface area (Å²) in [5.41, 5.74) is 1.17. The summed E-state index contributed by atoms with van der Waals surface area (Å²) in [6.45, 7) is 2.00. The van der Waals surface area contributed by atoms with E-state index in [4.69, 9.17) is 4.74 Å². The zero-order valence-corrected chi connectivity index (χ0v) is 15.5. The Morgan fingerprint density at radius 2 is 2.10 bits per heavy atom. The predicted molar refractivity (Wildman–Crippen MR) is 99.2 cm³/mol. The highest BCUT2D eigenvalue weighted by molar-refractivity contribution is 14.0. The molecule has 2 rings (SSSR count). The fourth-order valence-corrected chi connectivity index (χ4v) is 2.56. The van der Waals surface area contributed by atoms with E-state index >= 15 is 0 Å². The maximum absolute atomic E-state index is 5.44. The van der Waals surface area contributed by atoms with Gasteiger partial charge in [-0.05, 0) is 18.6 Å². The summed E-state index contributed by atoms with van der Waals surface area (Å²) in [4.78, 5) is 8.64. The first-order valence-corrected chi connectivity index (χ1v) is 6.94. The van der Waals surface area contributed by atoms with Crippen LogP contribution in [-0.2, 0) is 0 Å². The van der Waals surface area contributed by atoms with Crippen molar-refractivity contribution < 1.29 is 4.74 Å². The third kappa shape index (κ3) is 4.39. The quantitative estimate of drug-likeness (QED) is 0.476. The van der Waals surface area contributed by atoms with E-state index in [-0.39, 0.29) is 24.0 Å². The summed E-state index contributed by atoms with van der Waals surface area (Å²) in [5, 5.41) is 3.50. The van der Waals surface area contributed by atoms with Gasteiger partial charge in [0.25, 0.3) is 0 Å². The Kier molecular flexibility index (Phi) is 7.07. The largest absolute Gasteiger partial charge is 0.495 e. The van der Waals surface area contributed by atoms with Crippen LogP contribution >= 0.6 is 24.0 Å². The van der Waals surface area contributed by atoms with Crippen molar-refractivity contribution in [3.05, 3.63) is 24.3 Å². The van der Waals surface area contributed by atoms with Crippen molar-refractivity contribution in [3.8, 4) is 5.75 Å². The minimum Gasteiger partial charge on any atom is -0.495 e. The summed E-state index contributed by atoms with van der Waals surface area (Å²) in [6, 6.07) is 8.59. The molecule has 118 valence electrons. The summed E-state index contributed by atoms with van der Waals surface area (Å²) in [5.74, 6) is 1.86. The molecule has 0 amide bonds. The molecule has 1 aliphatic rings. The van der Waals surface area contributed by atoms with Crippen LogP contribution in [-0.4, -0.2) is 58.2 Å². The van der Waals surface area contributed by atoms with E-state index in [0.29, 0.717) is 6.04 Å². The molecule has 1 atom stereocenters. The van der Waals surface area contributed by atoms with Gasteiger partial charge in [0.2, 0.25) is 0 Å². The lowest BCUT2D eigenvalue weighted by Crippen LogP contribution is -2.43. The third-order valence-corrected chi connectivity index (χ3v) is 3.58. The molecule has 1 N–H and O–H groups in total. The Morgan fingerprint density at radius 1 is 1.38 bits per heavy atom. The maximum Gasteiger partial charge on any atom is 0.193 e. The van der Waals surface area contributed by atoms with Gasteiger partial charge in [-0.15, -0.1) is 24.0 Å². The molecule has 1 unspecified atom stereocenters. The number of para-hydroxylation sites is 2. The number of benzene rings is 1. The molecule has 1 aromatic rings. The maximum atomic E-state index is 5.44. The summed E-state index contributed by atoms with van der Waals surface area (Å²) < 4.78 is 5.44. The van der Waals surface area contributed by atoms with Gasteiger partial charge in [-0.3, -0.25) is 4.99 Å². The number of methoxy groups -OCH3 is 1. The molecular formula is C15H25IN4O. The molecule has 0 saturated carbocycles. The van der Waals surface area contributed by atoms with Crippen molar-refractivity contribution in [2.45, 2.75) is 12.5 Å². The van der Waals surface area contributed by atoms with Gasteiger partial charge in [-0.1, -0.05) is 12.1 Å². The molecule has 1 aliphatic heterocycles. The number of anilines is 1. The van der Waals surface area contributed by atoms with Gasteiger partial charge in [-0.25, -0.2) is 0 Å². The van der Waals surface area contributed by atoms with Gasteiger partial charge in [-0.2, -0.15) is 0 Å². The molecule has 6 heteroatoms. The smallest absolute Gasteiger partial charge is 0.193 e. The number of guanidine groups is 1. The molecule has 1 fully saturated rings. The Morgan fingerprint density at radius 3 is 2.71 bits per heavy atom. The monoisotopic (exact) mass is 404 g/mol. The SMILES string of the molecule is CN=C(NC1CCN(c2ccccc2OC)C1)N(C)C.I. The van der Waals surface area contributed by atoms with Crippen LogP contribution < -0.4 is 15.0 Å². The number of nitrogens with zero attached hydrogens (tertiary/aromatic N) is 3. The summed E-state index contributed by atoms with van der Waals surface area (Å²) in [7, 11) is 7.54. The Labute approximate surface area is 144 Å². The zero-order chi connectivity index (χ0) is 14.5. The number of ether oxygens (including phenoxy) is 1. The van der Waals surface area contributed by atoms with Gasteiger partial charge in [0, 0.05) is 40.3 Å². The van der Waals surface area contributed by atoms with Crippen molar-refractivity contribution >= 4 is 35.6 Å². The van der Waals surface area contributed by atoms with Crippen LogP contribution in [0.2, 0.25) is 0 Å². The second-order valence-corrected chi connectivity index (χ2v) is 5.19. The number of hydrogen-bond donors (Lipinski definition) is 1. The molecule has 0 radical (unpaired) electrons. The topological polar surface area (TPSA) is 40.1 Å². The first kappa shape index (κ1) is 17.9. The van der Waals surface area contributed by atoms with Gasteiger partial charge in [0.15, 0.2) is 5.96 Å². The highest BCUT2D eigenvalue weighted by Gasteiger charge is 2.25. The van der Waals surface area contributed by atoms with E-state index in [2.05, 4.69) is 27.3 Å². The van der Waals surface area contributed by atoms with E-state index in [1.807, 2.05) is 38.2 Å². The number of nitrogens with one attached hydrogen (secondary N) is 1. The van der Waals surface area contributed by atoms with Crippen LogP contribution in [0.3, 0.4) is 0 Å². The average molecular weight is 404 g/mol. The van der Waals surface area contributed by atoms with E-state index in [1.54, 1.807) is 7.11 Å². The molecule has 5 nitrogen and oxygen atoms in total. The highest BCUT2D eigenvalue weighted by Crippen LogP contribution is 2.30. The Hall–Kier alpha value is -1.18. The number of halogens is 1. The fourth-order valence-electron chi connectivity index (χ4n) is 2.56. The van der Waals surface area contributed by atoms with E-state index in [9.17, 15) is 0 Å². The molecule has 21 heavy (non-hydrogen) atoms. The van der Waals surface area contributed by atoms with Gasteiger partial charge in [0.05, 0.1) is 12.8 Å². The Bertz CT molecular complexity index is 478. The number of rotatable bonds is 3. The summed E-state index contributed by atoms with van der Waals surface area (Å²) in [6.07, 6.45) is 1.10. The molecular weight excluding hydrogens is 379 g/mol. The number of hydrogen-bond acceptors (Lipinski definition) is 3. The van der Waals surface area contributed by atoms with E-state index in [0.717, 1.165) is 31.2 Å². The van der Waals surface area contributed by atoms with Crippen LogP contribution in [0.25, 0.3) is 0 Å². The molecule has 0 aliphatic carbocycles. The zero-order valence-electron chi connectivity index (χ0n) is 13.2. The average Bonchev–Trinajstić information content (AvgIpc) is 2.92. The van der Waals surface area contributed by atoms with Crippen molar-refractivity contribution in [1.29, 1.82) is 0 Å².